The van der Waals surface area contributed by atoms with Gasteiger partial charge in [0.1, 0.15) is 5.54 Å². The summed E-state index contributed by atoms with van der Waals surface area (Å²) < 4.78 is 5.55. The molecule has 126 valence electrons. The zero-order valence-electron chi connectivity index (χ0n) is 13.6. The number of rotatable bonds is 14. The second-order valence-electron chi connectivity index (χ2n) is 5.98. The van der Waals surface area contributed by atoms with Gasteiger partial charge in [-0.3, -0.25) is 4.79 Å². The quantitative estimate of drug-likeness (QED) is 0.429. The molecule has 5 nitrogen and oxygen atoms in total. The molecule has 0 spiro atoms. The molecule has 0 fully saturated rings. The Kier molecular flexibility index (Phi) is 11.6. The van der Waals surface area contributed by atoms with Crippen LogP contribution in [0.3, 0.4) is 0 Å². The van der Waals surface area contributed by atoms with Crippen LogP contribution in [0.4, 0.5) is 0 Å². The first-order valence-electron chi connectivity index (χ1n) is 8.21. The van der Waals surface area contributed by atoms with Crippen molar-refractivity contribution in [3.8, 4) is 0 Å². The summed E-state index contributed by atoms with van der Waals surface area (Å²) in [5.74, 6) is -1.17. The molecule has 4 N–H and O–H groups in total. The number of carboxylic acids is 1. The molecule has 2 atom stereocenters. The highest BCUT2D eigenvalue weighted by molar-refractivity contribution is 5.78. The number of aliphatic hydroxyl groups excluding tert-OH is 1. The van der Waals surface area contributed by atoms with E-state index in [9.17, 15) is 9.90 Å². The lowest BCUT2D eigenvalue weighted by Gasteiger charge is -2.25. The number of ether oxygens (including phenoxy) is 1. The van der Waals surface area contributed by atoms with Crippen LogP contribution >= 0.6 is 0 Å². The van der Waals surface area contributed by atoms with Gasteiger partial charge in [-0.15, -0.1) is 0 Å². The van der Waals surface area contributed by atoms with Crippen LogP contribution in [0, 0.1) is 0 Å². The first kappa shape index (κ1) is 20.3. The van der Waals surface area contributed by atoms with Crippen molar-refractivity contribution in [2.75, 3.05) is 13.2 Å². The molecule has 0 heterocycles. The fourth-order valence-corrected chi connectivity index (χ4v) is 2.07. The summed E-state index contributed by atoms with van der Waals surface area (Å²) in [6.07, 6.45) is 8.26. The normalized spacial score (nSPS) is 15.6. The van der Waals surface area contributed by atoms with Crippen molar-refractivity contribution in [3.63, 3.8) is 0 Å². The molecule has 0 aliphatic carbocycles. The monoisotopic (exact) mass is 303 g/mol. The summed E-state index contributed by atoms with van der Waals surface area (Å²) in [5.41, 5.74) is 4.00. The van der Waals surface area contributed by atoms with E-state index in [1.54, 1.807) is 0 Å². The first-order valence-corrected chi connectivity index (χ1v) is 8.21. The van der Waals surface area contributed by atoms with Gasteiger partial charge in [0.05, 0.1) is 6.10 Å². The minimum absolute atomic E-state index is 0.413. The van der Waals surface area contributed by atoms with Crippen molar-refractivity contribution in [1.82, 2.24) is 0 Å². The van der Waals surface area contributed by atoms with Crippen molar-refractivity contribution >= 4 is 5.97 Å². The molecular weight excluding hydrogens is 270 g/mol. The standard InChI is InChI=1S/C16H33NO4/c1-3-4-5-6-9-12-21-13-10-7-8-11-14(18)16(2,17)15(19)20/h14,18H,3-13,17H2,1-2H3,(H,19,20)/t14?,16-/m0/s1. The highest BCUT2D eigenvalue weighted by atomic mass is 16.5. The molecular formula is C16H33NO4. The van der Waals surface area contributed by atoms with Gasteiger partial charge in [-0.25, -0.2) is 0 Å². The number of hydrogen-bond acceptors (Lipinski definition) is 4. The summed E-state index contributed by atoms with van der Waals surface area (Å²) in [6, 6.07) is 0. The van der Waals surface area contributed by atoms with Gasteiger partial charge in [-0.05, 0) is 26.2 Å². The lowest BCUT2D eigenvalue weighted by atomic mass is 9.92. The molecule has 0 aromatic heterocycles. The van der Waals surface area contributed by atoms with E-state index < -0.39 is 17.6 Å². The van der Waals surface area contributed by atoms with E-state index in [1.807, 2.05) is 0 Å². The van der Waals surface area contributed by atoms with E-state index in [0.717, 1.165) is 38.9 Å². The van der Waals surface area contributed by atoms with Crippen LogP contribution in [0.2, 0.25) is 0 Å². The second kappa shape index (κ2) is 12.0. The third-order valence-electron chi connectivity index (χ3n) is 3.81. The van der Waals surface area contributed by atoms with Crippen molar-refractivity contribution in [3.05, 3.63) is 0 Å². The molecule has 5 heteroatoms. The number of carboxylic acid groups (broad SMARTS) is 1. The third-order valence-corrected chi connectivity index (χ3v) is 3.81. The van der Waals surface area contributed by atoms with Crippen LogP contribution in [-0.4, -0.2) is 41.0 Å². The van der Waals surface area contributed by atoms with Gasteiger partial charge in [0, 0.05) is 13.2 Å². The Labute approximate surface area is 128 Å². The van der Waals surface area contributed by atoms with E-state index >= 15 is 0 Å². The summed E-state index contributed by atoms with van der Waals surface area (Å²) >= 11 is 0. The molecule has 0 amide bonds. The lowest BCUT2D eigenvalue weighted by Crippen LogP contribution is -2.54. The number of aliphatic hydroxyl groups is 1. The lowest BCUT2D eigenvalue weighted by molar-refractivity contribution is -0.147. The number of nitrogens with two attached hydrogens (primary N) is 1. The Morgan fingerprint density at radius 3 is 2.14 bits per heavy atom. The number of unbranched alkanes of at least 4 members (excludes halogenated alkanes) is 6. The molecule has 0 saturated carbocycles. The molecule has 0 saturated heterocycles. The molecule has 0 bridgehead atoms. The predicted octanol–water partition coefficient (Wildman–Crippen LogP) is 2.70. The molecule has 0 aromatic rings. The molecule has 0 aromatic carbocycles. The fraction of sp³-hybridized carbons (Fsp3) is 0.938. The fourth-order valence-electron chi connectivity index (χ4n) is 2.07. The minimum Gasteiger partial charge on any atom is -0.480 e. The topological polar surface area (TPSA) is 92.8 Å². The smallest absolute Gasteiger partial charge is 0.326 e. The summed E-state index contributed by atoms with van der Waals surface area (Å²) in [4.78, 5) is 10.9. The third kappa shape index (κ3) is 9.82. The van der Waals surface area contributed by atoms with Crippen LogP contribution in [0.15, 0.2) is 0 Å². The van der Waals surface area contributed by atoms with Gasteiger partial charge < -0.3 is 20.7 Å². The number of aliphatic carboxylic acids is 1. The number of carbonyl (C=O) groups is 1. The Bertz CT molecular complexity index is 269. The van der Waals surface area contributed by atoms with Crippen LogP contribution in [0.5, 0.6) is 0 Å². The van der Waals surface area contributed by atoms with E-state index in [-0.39, 0.29) is 0 Å². The maximum Gasteiger partial charge on any atom is 0.326 e. The second-order valence-corrected chi connectivity index (χ2v) is 5.98. The maximum atomic E-state index is 10.9. The molecule has 0 aliphatic rings. The van der Waals surface area contributed by atoms with E-state index in [2.05, 4.69) is 6.92 Å². The highest BCUT2D eigenvalue weighted by Gasteiger charge is 2.35. The molecule has 1 unspecified atom stereocenters. The summed E-state index contributed by atoms with van der Waals surface area (Å²) in [6.45, 7) is 5.12. The number of hydrogen-bond donors (Lipinski definition) is 3. The first-order chi connectivity index (χ1) is 9.92. The maximum absolute atomic E-state index is 10.9. The Morgan fingerprint density at radius 1 is 1.10 bits per heavy atom. The van der Waals surface area contributed by atoms with Gasteiger partial charge in [0.15, 0.2) is 0 Å². The molecule has 21 heavy (non-hydrogen) atoms. The Balaban J connectivity index is 3.38. The highest BCUT2D eigenvalue weighted by Crippen LogP contribution is 2.14. The average molecular weight is 303 g/mol. The van der Waals surface area contributed by atoms with Crippen molar-refractivity contribution in [2.24, 2.45) is 5.73 Å². The predicted molar refractivity (Wildman–Crippen MR) is 84.3 cm³/mol. The van der Waals surface area contributed by atoms with Crippen molar-refractivity contribution < 1.29 is 19.7 Å². The molecule has 0 rings (SSSR count). The Morgan fingerprint density at radius 2 is 1.62 bits per heavy atom. The zero-order valence-corrected chi connectivity index (χ0v) is 13.6. The van der Waals surface area contributed by atoms with Gasteiger partial charge >= 0.3 is 5.97 Å². The van der Waals surface area contributed by atoms with Crippen LogP contribution < -0.4 is 5.73 Å². The minimum atomic E-state index is -1.56. The van der Waals surface area contributed by atoms with E-state index in [4.69, 9.17) is 15.6 Å². The van der Waals surface area contributed by atoms with Gasteiger partial charge in [-0.2, -0.15) is 0 Å². The van der Waals surface area contributed by atoms with Gasteiger partial charge in [0.2, 0.25) is 0 Å². The van der Waals surface area contributed by atoms with Crippen LogP contribution in [-0.2, 0) is 9.53 Å². The molecule has 0 aliphatic heterocycles. The SMILES string of the molecule is CCCCCCCOCCCCCC(O)[C@](C)(N)C(=O)O. The average Bonchev–Trinajstić information content (AvgIpc) is 2.44. The summed E-state index contributed by atoms with van der Waals surface area (Å²) in [5, 5.41) is 18.6. The van der Waals surface area contributed by atoms with Crippen molar-refractivity contribution in [1.29, 1.82) is 0 Å². The van der Waals surface area contributed by atoms with Crippen molar-refractivity contribution in [2.45, 2.75) is 83.3 Å². The van der Waals surface area contributed by atoms with E-state index in [0.29, 0.717) is 6.42 Å². The largest absolute Gasteiger partial charge is 0.480 e. The van der Waals surface area contributed by atoms with Gasteiger partial charge in [0.25, 0.3) is 0 Å². The van der Waals surface area contributed by atoms with Crippen LogP contribution in [0.25, 0.3) is 0 Å². The van der Waals surface area contributed by atoms with E-state index in [1.165, 1.54) is 32.6 Å². The zero-order chi connectivity index (χ0) is 16.1. The summed E-state index contributed by atoms with van der Waals surface area (Å²) in [7, 11) is 0. The van der Waals surface area contributed by atoms with Crippen LogP contribution in [0.1, 0.15) is 71.6 Å². The Hall–Kier alpha value is -0.650. The molecule has 0 radical (unpaired) electrons. The van der Waals surface area contributed by atoms with Gasteiger partial charge in [-0.1, -0.05) is 45.4 Å².